The second-order valence-corrected chi connectivity index (χ2v) is 6.46. The smallest absolute Gasteiger partial charge is 0.0562 e. The van der Waals surface area contributed by atoms with E-state index in [0.29, 0.717) is 5.41 Å². The minimum Gasteiger partial charge on any atom is -0.367 e. The number of pyridine rings is 1. The third kappa shape index (κ3) is 3.83. The first-order chi connectivity index (χ1) is 9.50. The Balaban J connectivity index is 2.05. The number of hydrogen-bond donors (Lipinski definition) is 1. The number of nitrogens with one attached hydrogen (secondary N) is 1. The summed E-state index contributed by atoms with van der Waals surface area (Å²) >= 11 is 0. The van der Waals surface area contributed by atoms with E-state index in [1.807, 2.05) is 6.20 Å². The van der Waals surface area contributed by atoms with Gasteiger partial charge < -0.3 is 10.2 Å². The summed E-state index contributed by atoms with van der Waals surface area (Å²) in [5, 5.41) is 3.33. The highest BCUT2D eigenvalue weighted by atomic mass is 15.1. The van der Waals surface area contributed by atoms with Crippen molar-refractivity contribution in [2.75, 3.05) is 24.5 Å². The van der Waals surface area contributed by atoms with Crippen LogP contribution in [0.5, 0.6) is 0 Å². The van der Waals surface area contributed by atoms with E-state index in [2.05, 4.69) is 61.1 Å². The fraction of sp³-hybridized carbons (Fsp3) is 0.588. The van der Waals surface area contributed by atoms with Crippen LogP contribution in [-0.2, 0) is 6.54 Å². The SMILES string of the molecule is CCNCc1cc(N2CC=C(C(C)(C)C)CC2)ccn1. The van der Waals surface area contributed by atoms with Crippen LogP contribution in [0.15, 0.2) is 30.0 Å². The molecule has 2 heterocycles. The lowest BCUT2D eigenvalue weighted by Gasteiger charge is -2.33. The van der Waals surface area contributed by atoms with E-state index in [-0.39, 0.29) is 0 Å². The van der Waals surface area contributed by atoms with E-state index in [1.165, 1.54) is 5.69 Å². The summed E-state index contributed by atoms with van der Waals surface area (Å²) < 4.78 is 0. The van der Waals surface area contributed by atoms with Gasteiger partial charge in [-0.3, -0.25) is 4.98 Å². The molecule has 0 fully saturated rings. The number of nitrogens with zero attached hydrogens (tertiary/aromatic N) is 2. The maximum absolute atomic E-state index is 4.42. The molecule has 0 aromatic carbocycles. The highest BCUT2D eigenvalue weighted by Crippen LogP contribution is 2.31. The third-order valence-corrected chi connectivity index (χ3v) is 3.89. The van der Waals surface area contributed by atoms with Gasteiger partial charge in [-0.15, -0.1) is 0 Å². The van der Waals surface area contributed by atoms with E-state index >= 15 is 0 Å². The van der Waals surface area contributed by atoms with Gasteiger partial charge in [0.15, 0.2) is 0 Å². The first-order valence-electron chi connectivity index (χ1n) is 7.61. The van der Waals surface area contributed by atoms with Crippen LogP contribution in [0.25, 0.3) is 0 Å². The van der Waals surface area contributed by atoms with Crippen molar-refractivity contribution in [3.63, 3.8) is 0 Å². The fourth-order valence-electron chi connectivity index (χ4n) is 2.60. The molecule has 1 N–H and O–H groups in total. The molecule has 1 aromatic rings. The van der Waals surface area contributed by atoms with Crippen LogP contribution in [0.2, 0.25) is 0 Å². The first-order valence-corrected chi connectivity index (χ1v) is 7.61. The zero-order valence-electron chi connectivity index (χ0n) is 13.2. The molecule has 0 atom stereocenters. The molecular weight excluding hydrogens is 246 g/mol. The van der Waals surface area contributed by atoms with Crippen molar-refractivity contribution in [1.82, 2.24) is 10.3 Å². The van der Waals surface area contributed by atoms with Gasteiger partial charge in [-0.1, -0.05) is 39.3 Å². The van der Waals surface area contributed by atoms with Crippen LogP contribution in [0.4, 0.5) is 5.69 Å². The molecule has 0 radical (unpaired) electrons. The minimum atomic E-state index is 0.306. The summed E-state index contributed by atoms with van der Waals surface area (Å²) in [7, 11) is 0. The van der Waals surface area contributed by atoms with Crippen LogP contribution in [0, 0.1) is 5.41 Å². The minimum absolute atomic E-state index is 0.306. The molecule has 0 saturated carbocycles. The number of anilines is 1. The molecule has 0 unspecified atom stereocenters. The quantitative estimate of drug-likeness (QED) is 0.853. The van der Waals surface area contributed by atoms with Gasteiger partial charge >= 0.3 is 0 Å². The van der Waals surface area contributed by atoms with Gasteiger partial charge in [-0.05, 0) is 30.5 Å². The predicted octanol–water partition coefficient (Wildman–Crippen LogP) is 3.37. The monoisotopic (exact) mass is 273 g/mol. The van der Waals surface area contributed by atoms with E-state index in [9.17, 15) is 0 Å². The van der Waals surface area contributed by atoms with E-state index in [0.717, 1.165) is 38.3 Å². The molecule has 0 spiro atoms. The highest BCUT2D eigenvalue weighted by molar-refractivity contribution is 5.48. The van der Waals surface area contributed by atoms with Crippen molar-refractivity contribution in [2.24, 2.45) is 5.41 Å². The molecular formula is C17H27N3. The van der Waals surface area contributed by atoms with Crippen molar-refractivity contribution in [1.29, 1.82) is 0 Å². The van der Waals surface area contributed by atoms with Crippen LogP contribution in [0.1, 0.15) is 39.8 Å². The second-order valence-electron chi connectivity index (χ2n) is 6.46. The zero-order chi connectivity index (χ0) is 14.6. The molecule has 1 aromatic heterocycles. The van der Waals surface area contributed by atoms with E-state index in [1.54, 1.807) is 5.57 Å². The lowest BCUT2D eigenvalue weighted by Crippen LogP contribution is -2.31. The lowest BCUT2D eigenvalue weighted by molar-refractivity contribution is 0.472. The standard InChI is InChI=1S/C17H27N3/c1-5-18-13-15-12-16(6-9-19-15)20-10-7-14(8-11-20)17(2,3)4/h6-7,9,12,18H,5,8,10-11,13H2,1-4H3. The lowest BCUT2D eigenvalue weighted by atomic mass is 9.83. The Labute approximate surface area is 123 Å². The number of hydrogen-bond acceptors (Lipinski definition) is 3. The van der Waals surface area contributed by atoms with Gasteiger partial charge in [0.1, 0.15) is 0 Å². The first kappa shape index (κ1) is 15.0. The van der Waals surface area contributed by atoms with Crippen LogP contribution < -0.4 is 10.2 Å². The van der Waals surface area contributed by atoms with E-state index < -0.39 is 0 Å². The molecule has 0 aliphatic carbocycles. The predicted molar refractivity (Wildman–Crippen MR) is 86.0 cm³/mol. The number of aromatic nitrogens is 1. The zero-order valence-corrected chi connectivity index (χ0v) is 13.2. The van der Waals surface area contributed by atoms with Crippen molar-refractivity contribution < 1.29 is 0 Å². The van der Waals surface area contributed by atoms with Crippen LogP contribution in [0.3, 0.4) is 0 Å². The van der Waals surface area contributed by atoms with E-state index in [4.69, 9.17) is 0 Å². The molecule has 2 rings (SSSR count). The van der Waals surface area contributed by atoms with Gasteiger partial charge in [0.2, 0.25) is 0 Å². The summed E-state index contributed by atoms with van der Waals surface area (Å²) in [5.41, 5.74) is 4.29. The Kier molecular flexibility index (Phi) is 4.81. The summed E-state index contributed by atoms with van der Waals surface area (Å²) in [4.78, 5) is 6.86. The Morgan fingerprint density at radius 2 is 2.15 bits per heavy atom. The highest BCUT2D eigenvalue weighted by Gasteiger charge is 2.21. The van der Waals surface area contributed by atoms with Crippen molar-refractivity contribution in [2.45, 2.75) is 40.7 Å². The molecule has 20 heavy (non-hydrogen) atoms. The fourth-order valence-corrected chi connectivity index (χ4v) is 2.60. The Hall–Kier alpha value is -1.35. The van der Waals surface area contributed by atoms with Crippen LogP contribution in [-0.4, -0.2) is 24.6 Å². The molecule has 0 bridgehead atoms. The Morgan fingerprint density at radius 3 is 2.75 bits per heavy atom. The van der Waals surface area contributed by atoms with Crippen molar-refractivity contribution >= 4 is 5.69 Å². The van der Waals surface area contributed by atoms with Gasteiger partial charge in [-0.2, -0.15) is 0 Å². The average molecular weight is 273 g/mol. The summed E-state index contributed by atoms with van der Waals surface area (Å²) in [6.07, 6.45) is 5.48. The second kappa shape index (κ2) is 6.40. The third-order valence-electron chi connectivity index (χ3n) is 3.89. The van der Waals surface area contributed by atoms with Gasteiger partial charge in [-0.25, -0.2) is 0 Å². The van der Waals surface area contributed by atoms with Crippen molar-refractivity contribution in [3.8, 4) is 0 Å². The molecule has 1 aliphatic heterocycles. The maximum atomic E-state index is 4.42. The molecule has 1 aliphatic rings. The molecule has 3 heteroatoms. The Morgan fingerprint density at radius 1 is 1.35 bits per heavy atom. The van der Waals surface area contributed by atoms with Crippen molar-refractivity contribution in [3.05, 3.63) is 35.7 Å². The molecule has 3 nitrogen and oxygen atoms in total. The van der Waals surface area contributed by atoms with Gasteiger partial charge in [0.05, 0.1) is 5.69 Å². The normalized spacial score (nSPS) is 16.2. The Bertz CT molecular complexity index is 471. The van der Waals surface area contributed by atoms with Gasteiger partial charge in [0.25, 0.3) is 0 Å². The van der Waals surface area contributed by atoms with Gasteiger partial charge in [0, 0.05) is 31.5 Å². The molecule has 110 valence electrons. The number of rotatable bonds is 4. The van der Waals surface area contributed by atoms with Crippen LogP contribution >= 0.6 is 0 Å². The topological polar surface area (TPSA) is 28.2 Å². The average Bonchev–Trinajstić information content (AvgIpc) is 2.45. The summed E-state index contributed by atoms with van der Waals surface area (Å²) in [6, 6.07) is 4.32. The molecule has 0 amide bonds. The largest absolute Gasteiger partial charge is 0.367 e. The summed E-state index contributed by atoms with van der Waals surface area (Å²) in [5.74, 6) is 0. The molecule has 0 saturated heterocycles. The summed E-state index contributed by atoms with van der Waals surface area (Å²) in [6.45, 7) is 13.0. The maximum Gasteiger partial charge on any atom is 0.0562 e.